The Morgan fingerprint density at radius 1 is 0.667 bits per heavy atom. The molecule has 0 amide bonds. The zero-order chi connectivity index (χ0) is 22.9. The number of nitrogens with two attached hydrogens (primary N) is 1. The molecule has 0 spiro atoms. The van der Waals surface area contributed by atoms with Gasteiger partial charge in [0.1, 0.15) is 18.3 Å². The van der Waals surface area contributed by atoms with E-state index in [4.69, 9.17) is 24.7 Å². The topological polar surface area (TPSA) is 83.2 Å². The molecule has 1 fully saturated rings. The highest BCUT2D eigenvalue weighted by atomic mass is 16.7. The predicted molar refractivity (Wildman–Crippen MR) is 125 cm³/mol. The zero-order valence-corrected chi connectivity index (χ0v) is 18.5. The summed E-state index contributed by atoms with van der Waals surface area (Å²) in [7, 11) is 0. The maximum absolute atomic E-state index is 10.5. The highest BCUT2D eigenvalue weighted by Gasteiger charge is 2.45. The molecule has 6 heteroatoms. The molecule has 1 aliphatic heterocycles. The van der Waals surface area contributed by atoms with Crippen molar-refractivity contribution in [2.45, 2.75) is 50.5 Å². The lowest BCUT2D eigenvalue weighted by molar-refractivity contribution is -0.273. The van der Waals surface area contributed by atoms with E-state index in [2.05, 4.69) is 0 Å². The molecular formula is C27H31NO5. The molecule has 3 N–H and O–H groups in total. The summed E-state index contributed by atoms with van der Waals surface area (Å²) in [4.78, 5) is 0. The van der Waals surface area contributed by atoms with E-state index >= 15 is 0 Å². The number of aliphatic hydroxyl groups excluding tert-OH is 1. The zero-order valence-electron chi connectivity index (χ0n) is 18.5. The highest BCUT2D eigenvalue weighted by molar-refractivity contribution is 5.15. The molecule has 5 atom stereocenters. The lowest BCUT2D eigenvalue weighted by atomic mass is 9.97. The van der Waals surface area contributed by atoms with Gasteiger partial charge in [-0.2, -0.15) is 0 Å². The van der Waals surface area contributed by atoms with Gasteiger partial charge in [-0.25, -0.2) is 0 Å². The van der Waals surface area contributed by atoms with Crippen LogP contribution >= 0.6 is 0 Å². The Labute approximate surface area is 194 Å². The third-order valence-corrected chi connectivity index (χ3v) is 5.68. The molecule has 1 heterocycles. The highest BCUT2D eigenvalue weighted by Crippen LogP contribution is 2.26. The molecule has 0 saturated carbocycles. The normalized spacial score (nSPS) is 25.1. The molecule has 1 saturated heterocycles. The van der Waals surface area contributed by atoms with Crippen molar-refractivity contribution in [3.05, 3.63) is 108 Å². The largest absolute Gasteiger partial charge is 0.374 e. The van der Waals surface area contributed by atoms with Crippen LogP contribution in [0.15, 0.2) is 91.0 Å². The summed E-state index contributed by atoms with van der Waals surface area (Å²) in [6, 6.07) is 28.9. The van der Waals surface area contributed by atoms with Gasteiger partial charge in [0.25, 0.3) is 0 Å². The number of benzene rings is 3. The minimum Gasteiger partial charge on any atom is -0.374 e. The van der Waals surface area contributed by atoms with Gasteiger partial charge >= 0.3 is 0 Å². The van der Waals surface area contributed by atoms with E-state index in [0.29, 0.717) is 19.8 Å². The van der Waals surface area contributed by atoms with Gasteiger partial charge in [0.2, 0.25) is 0 Å². The van der Waals surface area contributed by atoms with Crippen molar-refractivity contribution in [2.75, 3.05) is 6.61 Å². The fraction of sp³-hybridized carbons (Fsp3) is 0.333. The number of hydrogen-bond acceptors (Lipinski definition) is 6. The molecule has 6 nitrogen and oxygen atoms in total. The van der Waals surface area contributed by atoms with Crippen molar-refractivity contribution >= 4 is 0 Å². The Kier molecular flexibility index (Phi) is 8.60. The van der Waals surface area contributed by atoms with Crippen LogP contribution in [0.2, 0.25) is 0 Å². The lowest BCUT2D eigenvalue weighted by Crippen LogP contribution is -2.63. The molecule has 0 unspecified atom stereocenters. The third kappa shape index (κ3) is 6.71. The van der Waals surface area contributed by atoms with E-state index in [1.165, 1.54) is 0 Å². The van der Waals surface area contributed by atoms with Crippen LogP contribution < -0.4 is 5.73 Å². The lowest BCUT2D eigenvalue weighted by Gasteiger charge is -2.43. The van der Waals surface area contributed by atoms with Gasteiger partial charge in [-0.1, -0.05) is 91.0 Å². The quantitative estimate of drug-likeness (QED) is 0.494. The monoisotopic (exact) mass is 449 g/mol. The van der Waals surface area contributed by atoms with Gasteiger partial charge in [-0.15, -0.1) is 0 Å². The molecule has 0 aliphatic carbocycles. The Morgan fingerprint density at radius 2 is 1.12 bits per heavy atom. The fourth-order valence-electron chi connectivity index (χ4n) is 3.88. The van der Waals surface area contributed by atoms with Crippen LogP contribution in [-0.4, -0.2) is 42.4 Å². The van der Waals surface area contributed by atoms with Gasteiger partial charge in [0.05, 0.1) is 32.5 Å². The summed E-state index contributed by atoms with van der Waals surface area (Å²) < 4.78 is 24.2. The van der Waals surface area contributed by atoms with Gasteiger partial charge in [-0.3, -0.25) is 0 Å². The number of hydrogen-bond donors (Lipinski definition) is 2. The number of aliphatic hydroxyl groups is 1. The van der Waals surface area contributed by atoms with E-state index in [1.54, 1.807) is 0 Å². The van der Waals surface area contributed by atoms with Gasteiger partial charge in [-0.05, 0) is 16.7 Å². The van der Waals surface area contributed by atoms with Crippen molar-refractivity contribution < 1.29 is 24.1 Å². The molecule has 3 aromatic carbocycles. The second kappa shape index (κ2) is 12.0. The van der Waals surface area contributed by atoms with Crippen molar-refractivity contribution in [2.24, 2.45) is 5.73 Å². The summed E-state index contributed by atoms with van der Waals surface area (Å²) in [6.07, 6.45) is -2.79. The summed E-state index contributed by atoms with van der Waals surface area (Å²) >= 11 is 0. The number of rotatable bonds is 10. The van der Waals surface area contributed by atoms with Gasteiger partial charge < -0.3 is 29.8 Å². The molecule has 0 radical (unpaired) electrons. The maximum atomic E-state index is 10.5. The average Bonchev–Trinajstić information content (AvgIpc) is 2.86. The smallest absolute Gasteiger partial charge is 0.173 e. The SMILES string of the molecule is N[C@@H]1[C@@H](OCc2ccccc2)[C@H](OCc2ccccc2)[C@@H](COCc2ccccc2)O[C@H]1O. The van der Waals surface area contributed by atoms with E-state index in [1.807, 2.05) is 91.0 Å². The molecule has 0 bridgehead atoms. The second-order valence-electron chi connectivity index (χ2n) is 8.17. The van der Waals surface area contributed by atoms with Crippen LogP contribution in [0, 0.1) is 0 Å². The average molecular weight is 450 g/mol. The van der Waals surface area contributed by atoms with Crippen molar-refractivity contribution in [3.63, 3.8) is 0 Å². The molecule has 1 aliphatic rings. The molecule has 0 aromatic heterocycles. The minimum absolute atomic E-state index is 0.239. The second-order valence-corrected chi connectivity index (χ2v) is 8.17. The Morgan fingerprint density at radius 3 is 1.64 bits per heavy atom. The molecule has 174 valence electrons. The van der Waals surface area contributed by atoms with E-state index in [9.17, 15) is 5.11 Å². The van der Waals surface area contributed by atoms with Crippen LogP contribution in [0.5, 0.6) is 0 Å². The summed E-state index contributed by atoms with van der Waals surface area (Å²) in [5, 5.41) is 10.5. The van der Waals surface area contributed by atoms with Crippen LogP contribution in [0.4, 0.5) is 0 Å². The number of ether oxygens (including phenoxy) is 4. The van der Waals surface area contributed by atoms with Crippen LogP contribution in [0.25, 0.3) is 0 Å². The van der Waals surface area contributed by atoms with E-state index < -0.39 is 30.6 Å². The first-order valence-electron chi connectivity index (χ1n) is 11.2. The summed E-state index contributed by atoms with van der Waals surface area (Å²) in [5.41, 5.74) is 9.42. The van der Waals surface area contributed by atoms with Crippen LogP contribution in [0.3, 0.4) is 0 Å². The Bertz CT molecular complexity index is 941. The third-order valence-electron chi connectivity index (χ3n) is 5.68. The van der Waals surface area contributed by atoms with E-state index in [0.717, 1.165) is 16.7 Å². The fourth-order valence-corrected chi connectivity index (χ4v) is 3.88. The molecule has 33 heavy (non-hydrogen) atoms. The first kappa shape index (κ1) is 23.6. The van der Waals surface area contributed by atoms with Gasteiger partial charge in [0, 0.05) is 0 Å². The predicted octanol–water partition coefficient (Wildman–Crippen LogP) is 3.42. The minimum atomic E-state index is -1.17. The Balaban J connectivity index is 1.46. The van der Waals surface area contributed by atoms with Crippen molar-refractivity contribution in [1.82, 2.24) is 0 Å². The van der Waals surface area contributed by atoms with Crippen molar-refractivity contribution in [3.8, 4) is 0 Å². The van der Waals surface area contributed by atoms with E-state index in [-0.39, 0.29) is 6.61 Å². The summed E-state index contributed by atoms with van der Waals surface area (Å²) in [5.74, 6) is 0. The maximum Gasteiger partial charge on any atom is 0.173 e. The standard InChI is InChI=1S/C27H31NO5/c28-24-26(32-18-22-14-8-3-9-15-22)25(31-17-21-12-6-2-7-13-21)23(33-27(24)29)19-30-16-20-10-4-1-5-11-20/h1-15,23-27,29H,16-19,28H2/t23-,24-,25-,26-,27-/m1/s1. The van der Waals surface area contributed by atoms with Crippen LogP contribution in [-0.2, 0) is 38.8 Å². The van der Waals surface area contributed by atoms with Crippen LogP contribution in [0.1, 0.15) is 16.7 Å². The first-order chi connectivity index (χ1) is 16.2. The van der Waals surface area contributed by atoms with Gasteiger partial charge in [0.15, 0.2) is 6.29 Å². The van der Waals surface area contributed by atoms with Crippen molar-refractivity contribution in [1.29, 1.82) is 0 Å². The summed E-state index contributed by atoms with van der Waals surface area (Å²) in [6.45, 7) is 1.40. The first-order valence-corrected chi connectivity index (χ1v) is 11.2. The molecule has 3 aromatic rings. The molecule has 4 rings (SSSR count). The Hall–Kier alpha value is -2.58. The molecular weight excluding hydrogens is 418 g/mol.